The lowest BCUT2D eigenvalue weighted by Gasteiger charge is -2.22. The van der Waals surface area contributed by atoms with Gasteiger partial charge in [-0.25, -0.2) is 4.79 Å². The van der Waals surface area contributed by atoms with Crippen LogP contribution in [0.4, 0.5) is 0 Å². The van der Waals surface area contributed by atoms with E-state index in [-0.39, 0.29) is 11.9 Å². The molecule has 0 saturated carbocycles. The maximum absolute atomic E-state index is 12.4. The lowest BCUT2D eigenvalue weighted by molar-refractivity contribution is -0.136. The van der Waals surface area contributed by atoms with Gasteiger partial charge in [0, 0.05) is 19.7 Å². The molecule has 0 radical (unpaired) electrons. The van der Waals surface area contributed by atoms with Gasteiger partial charge >= 0.3 is 5.97 Å². The van der Waals surface area contributed by atoms with Crippen molar-refractivity contribution in [1.29, 1.82) is 0 Å². The van der Waals surface area contributed by atoms with Gasteiger partial charge in [0.2, 0.25) is 6.10 Å². The van der Waals surface area contributed by atoms with E-state index < -0.39 is 6.10 Å². The SMILES string of the molecule is CCOC(=O)c1ccc(O[C@@H](C(=O)N(C)C)c2ccccc2)cc1. The number of ether oxygens (including phenoxy) is 2. The smallest absolute Gasteiger partial charge is 0.338 e. The second-order valence-electron chi connectivity index (χ2n) is 5.39. The summed E-state index contributed by atoms with van der Waals surface area (Å²) in [6, 6.07) is 15.9. The summed E-state index contributed by atoms with van der Waals surface area (Å²) in [5, 5.41) is 0. The minimum atomic E-state index is -0.741. The molecular formula is C19H21NO4. The zero-order chi connectivity index (χ0) is 17.5. The maximum Gasteiger partial charge on any atom is 0.338 e. The van der Waals surface area contributed by atoms with Gasteiger partial charge in [-0.1, -0.05) is 30.3 Å². The first-order chi connectivity index (χ1) is 11.5. The molecule has 0 bridgehead atoms. The van der Waals surface area contributed by atoms with E-state index in [1.807, 2.05) is 30.3 Å². The highest BCUT2D eigenvalue weighted by Gasteiger charge is 2.24. The minimum Gasteiger partial charge on any atom is -0.476 e. The summed E-state index contributed by atoms with van der Waals surface area (Å²) in [6.07, 6.45) is -0.741. The number of likely N-dealkylation sites (N-methyl/N-ethyl adjacent to an activating group) is 1. The average molecular weight is 327 g/mol. The van der Waals surface area contributed by atoms with Crippen LogP contribution in [0, 0.1) is 0 Å². The lowest BCUT2D eigenvalue weighted by Crippen LogP contribution is -2.31. The van der Waals surface area contributed by atoms with Gasteiger partial charge in [0.05, 0.1) is 12.2 Å². The Labute approximate surface area is 141 Å². The van der Waals surface area contributed by atoms with Crippen molar-refractivity contribution in [2.45, 2.75) is 13.0 Å². The quantitative estimate of drug-likeness (QED) is 0.765. The molecule has 0 spiro atoms. The average Bonchev–Trinajstić information content (AvgIpc) is 2.60. The second-order valence-corrected chi connectivity index (χ2v) is 5.39. The van der Waals surface area contributed by atoms with Crippen molar-refractivity contribution in [3.05, 3.63) is 65.7 Å². The Morgan fingerprint density at radius 2 is 1.62 bits per heavy atom. The molecule has 0 aromatic heterocycles. The number of hydrogen-bond donors (Lipinski definition) is 0. The van der Waals surface area contributed by atoms with Gasteiger partial charge in [-0.3, -0.25) is 4.79 Å². The van der Waals surface area contributed by atoms with Crippen molar-refractivity contribution in [2.24, 2.45) is 0 Å². The number of hydrogen-bond acceptors (Lipinski definition) is 4. The molecule has 2 aromatic carbocycles. The molecule has 24 heavy (non-hydrogen) atoms. The van der Waals surface area contributed by atoms with Crippen molar-refractivity contribution < 1.29 is 19.1 Å². The van der Waals surface area contributed by atoms with Gasteiger partial charge in [0.25, 0.3) is 5.91 Å². The predicted molar refractivity (Wildman–Crippen MR) is 90.9 cm³/mol. The van der Waals surface area contributed by atoms with E-state index in [9.17, 15) is 9.59 Å². The molecular weight excluding hydrogens is 306 g/mol. The molecule has 0 fully saturated rings. The Kier molecular flexibility index (Phi) is 5.95. The highest BCUT2D eigenvalue weighted by Crippen LogP contribution is 2.24. The molecule has 0 unspecified atom stereocenters. The number of nitrogens with zero attached hydrogens (tertiary/aromatic N) is 1. The van der Waals surface area contributed by atoms with Crippen LogP contribution in [0.3, 0.4) is 0 Å². The topological polar surface area (TPSA) is 55.8 Å². The van der Waals surface area contributed by atoms with E-state index in [0.717, 1.165) is 5.56 Å². The van der Waals surface area contributed by atoms with Crippen LogP contribution >= 0.6 is 0 Å². The molecule has 2 rings (SSSR count). The molecule has 2 aromatic rings. The summed E-state index contributed by atoms with van der Waals surface area (Å²) in [7, 11) is 3.37. The van der Waals surface area contributed by atoms with Crippen LogP contribution in [0.25, 0.3) is 0 Å². The molecule has 0 N–H and O–H groups in total. The standard InChI is InChI=1S/C19H21NO4/c1-4-23-19(22)15-10-12-16(13-11-15)24-17(18(21)20(2)3)14-8-6-5-7-9-14/h5-13,17H,4H2,1-3H3/t17-/m1/s1. The molecule has 126 valence electrons. The first kappa shape index (κ1) is 17.5. The summed E-state index contributed by atoms with van der Waals surface area (Å²) in [5.74, 6) is -0.0317. The van der Waals surface area contributed by atoms with Crippen molar-refractivity contribution in [3.8, 4) is 5.75 Å². The number of esters is 1. The van der Waals surface area contributed by atoms with E-state index >= 15 is 0 Å². The van der Waals surface area contributed by atoms with Crippen LogP contribution in [-0.4, -0.2) is 37.5 Å². The van der Waals surface area contributed by atoms with Crippen LogP contribution in [-0.2, 0) is 9.53 Å². The Hall–Kier alpha value is -2.82. The lowest BCUT2D eigenvalue weighted by atomic mass is 10.1. The van der Waals surface area contributed by atoms with Crippen molar-refractivity contribution in [3.63, 3.8) is 0 Å². The van der Waals surface area contributed by atoms with Gasteiger partial charge in [0.1, 0.15) is 5.75 Å². The summed E-state index contributed by atoms with van der Waals surface area (Å²) in [6.45, 7) is 2.08. The van der Waals surface area contributed by atoms with E-state index in [4.69, 9.17) is 9.47 Å². The molecule has 5 nitrogen and oxygen atoms in total. The largest absolute Gasteiger partial charge is 0.476 e. The summed E-state index contributed by atoms with van der Waals surface area (Å²) < 4.78 is 10.8. The third kappa shape index (κ3) is 4.35. The fraction of sp³-hybridized carbons (Fsp3) is 0.263. The molecule has 1 atom stereocenters. The molecule has 0 saturated heterocycles. The fourth-order valence-electron chi connectivity index (χ4n) is 2.14. The van der Waals surface area contributed by atoms with E-state index in [0.29, 0.717) is 17.9 Å². The zero-order valence-electron chi connectivity index (χ0n) is 14.1. The number of amides is 1. The first-order valence-corrected chi connectivity index (χ1v) is 7.73. The van der Waals surface area contributed by atoms with Crippen LogP contribution in [0.15, 0.2) is 54.6 Å². The van der Waals surface area contributed by atoms with Gasteiger partial charge in [-0.15, -0.1) is 0 Å². The number of carbonyl (C=O) groups excluding carboxylic acids is 2. The van der Waals surface area contributed by atoms with E-state index in [1.165, 1.54) is 4.90 Å². The number of benzene rings is 2. The third-order valence-corrected chi connectivity index (χ3v) is 3.39. The Morgan fingerprint density at radius 1 is 1.00 bits per heavy atom. The Morgan fingerprint density at radius 3 is 2.17 bits per heavy atom. The van der Waals surface area contributed by atoms with Crippen molar-refractivity contribution in [2.75, 3.05) is 20.7 Å². The normalized spacial score (nSPS) is 11.5. The number of rotatable bonds is 6. The van der Waals surface area contributed by atoms with Crippen molar-refractivity contribution >= 4 is 11.9 Å². The van der Waals surface area contributed by atoms with Crippen LogP contribution in [0.5, 0.6) is 5.75 Å². The Bertz CT molecular complexity index is 680. The van der Waals surface area contributed by atoms with Crippen LogP contribution in [0.1, 0.15) is 28.9 Å². The molecule has 0 aliphatic rings. The second kappa shape index (κ2) is 8.15. The predicted octanol–water partition coefficient (Wildman–Crippen LogP) is 3.07. The van der Waals surface area contributed by atoms with Crippen LogP contribution < -0.4 is 4.74 Å². The van der Waals surface area contributed by atoms with Crippen molar-refractivity contribution in [1.82, 2.24) is 4.90 Å². The summed E-state index contributed by atoms with van der Waals surface area (Å²) >= 11 is 0. The molecule has 0 heterocycles. The highest BCUT2D eigenvalue weighted by atomic mass is 16.5. The van der Waals surface area contributed by atoms with Gasteiger partial charge in [-0.2, -0.15) is 0 Å². The zero-order valence-corrected chi connectivity index (χ0v) is 14.1. The highest BCUT2D eigenvalue weighted by molar-refractivity contribution is 5.89. The van der Waals surface area contributed by atoms with E-state index in [1.54, 1.807) is 45.3 Å². The van der Waals surface area contributed by atoms with E-state index in [2.05, 4.69) is 0 Å². The fourth-order valence-corrected chi connectivity index (χ4v) is 2.14. The monoisotopic (exact) mass is 327 g/mol. The summed E-state index contributed by atoms with van der Waals surface area (Å²) in [5.41, 5.74) is 1.21. The van der Waals surface area contributed by atoms with Gasteiger partial charge < -0.3 is 14.4 Å². The number of carbonyl (C=O) groups is 2. The summed E-state index contributed by atoms with van der Waals surface area (Å²) in [4.78, 5) is 25.6. The molecule has 0 aliphatic carbocycles. The Balaban J connectivity index is 2.21. The van der Waals surface area contributed by atoms with Gasteiger partial charge in [-0.05, 0) is 31.2 Å². The van der Waals surface area contributed by atoms with Crippen LogP contribution in [0.2, 0.25) is 0 Å². The molecule has 5 heteroatoms. The third-order valence-electron chi connectivity index (χ3n) is 3.39. The first-order valence-electron chi connectivity index (χ1n) is 7.73. The van der Waals surface area contributed by atoms with Gasteiger partial charge in [0.15, 0.2) is 0 Å². The molecule has 0 aliphatic heterocycles. The molecule has 1 amide bonds. The maximum atomic E-state index is 12.4. The minimum absolute atomic E-state index is 0.157.